The smallest absolute Gasteiger partial charge is 0.312 e. The number of benzene rings is 1. The molecule has 8 heteroatoms. The molecule has 1 aromatic heterocycles. The highest BCUT2D eigenvalue weighted by Gasteiger charge is 2.41. The van der Waals surface area contributed by atoms with Gasteiger partial charge in [-0.3, -0.25) is 9.48 Å². The van der Waals surface area contributed by atoms with Crippen molar-refractivity contribution in [2.75, 3.05) is 18.4 Å². The van der Waals surface area contributed by atoms with Gasteiger partial charge in [0.1, 0.15) is 5.54 Å². The Morgan fingerprint density at radius 1 is 1.24 bits per heavy atom. The zero-order valence-electron chi connectivity index (χ0n) is 13.9. The van der Waals surface area contributed by atoms with E-state index in [9.17, 15) is 9.59 Å². The highest BCUT2D eigenvalue weighted by molar-refractivity contribution is 5.96. The summed E-state index contributed by atoms with van der Waals surface area (Å²) >= 11 is 0. The molecule has 132 valence electrons. The van der Waals surface area contributed by atoms with Crippen LogP contribution >= 0.6 is 0 Å². The van der Waals surface area contributed by atoms with E-state index in [4.69, 9.17) is 5.73 Å². The second-order valence-electron chi connectivity index (χ2n) is 6.10. The Morgan fingerprint density at radius 3 is 2.56 bits per heavy atom. The van der Waals surface area contributed by atoms with Gasteiger partial charge in [0, 0.05) is 24.6 Å². The Bertz CT molecular complexity index is 720. The van der Waals surface area contributed by atoms with Crippen molar-refractivity contribution in [3.05, 3.63) is 48.3 Å². The lowest BCUT2D eigenvalue weighted by Crippen LogP contribution is -2.52. The summed E-state index contributed by atoms with van der Waals surface area (Å²) in [6, 6.07) is 8.58. The van der Waals surface area contributed by atoms with Crippen LogP contribution in [0, 0.1) is 0 Å². The summed E-state index contributed by atoms with van der Waals surface area (Å²) < 4.78 is 1.76. The molecule has 1 saturated heterocycles. The van der Waals surface area contributed by atoms with Gasteiger partial charge in [0.15, 0.2) is 0 Å². The third kappa shape index (κ3) is 3.80. The van der Waals surface area contributed by atoms with Crippen LogP contribution in [0.1, 0.15) is 18.4 Å². The Morgan fingerprint density at radius 2 is 1.96 bits per heavy atom. The van der Waals surface area contributed by atoms with Crippen LogP contribution in [0.3, 0.4) is 0 Å². The largest absolute Gasteiger partial charge is 0.352 e. The van der Waals surface area contributed by atoms with Crippen LogP contribution in [0.25, 0.3) is 0 Å². The van der Waals surface area contributed by atoms with Gasteiger partial charge in [0.2, 0.25) is 0 Å². The molecule has 2 aromatic rings. The average Bonchev–Trinajstić information content (AvgIpc) is 3.17. The van der Waals surface area contributed by atoms with Gasteiger partial charge in [-0.1, -0.05) is 12.1 Å². The van der Waals surface area contributed by atoms with Gasteiger partial charge in [-0.15, -0.1) is 0 Å². The predicted molar refractivity (Wildman–Crippen MR) is 93.8 cm³/mol. The number of rotatable bonds is 5. The molecule has 1 fully saturated rings. The minimum absolute atomic E-state index is 0.0688. The summed E-state index contributed by atoms with van der Waals surface area (Å²) in [5, 5.41) is 13.1. The number of piperidine rings is 1. The molecule has 3 rings (SSSR count). The molecule has 0 aliphatic carbocycles. The predicted octanol–water partition coefficient (Wildman–Crippen LogP) is 0.769. The SMILES string of the molecule is NC(=O)NCc1ccc(NC(=O)C2(n3cccn3)CCNCC2)cc1. The summed E-state index contributed by atoms with van der Waals surface area (Å²) in [5.41, 5.74) is 5.99. The normalized spacial score (nSPS) is 16.2. The number of carbonyl (C=O) groups excluding carboxylic acids is 2. The summed E-state index contributed by atoms with van der Waals surface area (Å²) in [5.74, 6) is -0.0688. The molecule has 0 spiro atoms. The number of hydrogen-bond acceptors (Lipinski definition) is 4. The maximum atomic E-state index is 13.0. The van der Waals surface area contributed by atoms with E-state index in [0.717, 1.165) is 18.7 Å². The molecule has 25 heavy (non-hydrogen) atoms. The monoisotopic (exact) mass is 342 g/mol. The van der Waals surface area contributed by atoms with Crippen LogP contribution in [0.2, 0.25) is 0 Å². The molecule has 8 nitrogen and oxygen atoms in total. The van der Waals surface area contributed by atoms with Crippen LogP contribution in [0.5, 0.6) is 0 Å². The van der Waals surface area contributed by atoms with E-state index in [1.807, 2.05) is 36.5 Å². The van der Waals surface area contributed by atoms with E-state index in [1.54, 1.807) is 10.9 Å². The minimum atomic E-state index is -0.680. The lowest BCUT2D eigenvalue weighted by Gasteiger charge is -2.36. The number of urea groups is 1. The lowest BCUT2D eigenvalue weighted by atomic mass is 9.87. The van der Waals surface area contributed by atoms with Crippen molar-refractivity contribution in [2.24, 2.45) is 5.73 Å². The van der Waals surface area contributed by atoms with Gasteiger partial charge in [0.25, 0.3) is 5.91 Å². The number of carbonyl (C=O) groups is 2. The number of nitrogens with two attached hydrogens (primary N) is 1. The van der Waals surface area contributed by atoms with Crippen molar-refractivity contribution in [3.63, 3.8) is 0 Å². The third-order valence-corrected chi connectivity index (χ3v) is 4.47. The number of nitrogens with zero attached hydrogens (tertiary/aromatic N) is 2. The number of aromatic nitrogens is 2. The first-order valence-corrected chi connectivity index (χ1v) is 8.25. The number of hydrogen-bond donors (Lipinski definition) is 4. The summed E-state index contributed by atoms with van der Waals surface area (Å²) in [6.07, 6.45) is 4.89. The van der Waals surface area contributed by atoms with Crippen molar-refractivity contribution in [2.45, 2.75) is 24.9 Å². The van der Waals surface area contributed by atoms with Crippen molar-refractivity contribution >= 4 is 17.6 Å². The van der Waals surface area contributed by atoms with Crippen LogP contribution in [-0.4, -0.2) is 34.8 Å². The highest BCUT2D eigenvalue weighted by atomic mass is 16.2. The Balaban J connectivity index is 1.72. The van der Waals surface area contributed by atoms with Gasteiger partial charge >= 0.3 is 6.03 Å². The van der Waals surface area contributed by atoms with Gasteiger partial charge < -0.3 is 21.7 Å². The molecule has 1 aliphatic heterocycles. The van der Waals surface area contributed by atoms with Crippen molar-refractivity contribution < 1.29 is 9.59 Å². The maximum Gasteiger partial charge on any atom is 0.312 e. The average molecular weight is 342 g/mol. The number of primary amides is 1. The molecule has 3 amide bonds. The molecule has 0 atom stereocenters. The van der Waals surface area contributed by atoms with E-state index in [2.05, 4.69) is 21.0 Å². The number of amides is 3. The van der Waals surface area contributed by atoms with Crippen LogP contribution in [0.4, 0.5) is 10.5 Å². The Labute approximate surface area is 145 Å². The zero-order valence-corrected chi connectivity index (χ0v) is 13.9. The van der Waals surface area contributed by atoms with E-state index in [1.165, 1.54) is 0 Å². The third-order valence-electron chi connectivity index (χ3n) is 4.47. The number of nitrogens with one attached hydrogen (secondary N) is 3. The van der Waals surface area contributed by atoms with E-state index < -0.39 is 11.6 Å². The first-order valence-electron chi connectivity index (χ1n) is 8.25. The summed E-state index contributed by atoms with van der Waals surface area (Å²) in [6.45, 7) is 1.89. The fraction of sp³-hybridized carbons (Fsp3) is 0.353. The summed E-state index contributed by atoms with van der Waals surface area (Å²) in [4.78, 5) is 23.8. The zero-order chi connectivity index (χ0) is 17.7. The van der Waals surface area contributed by atoms with Crippen LogP contribution in [-0.2, 0) is 16.9 Å². The first-order chi connectivity index (χ1) is 12.1. The molecule has 0 bridgehead atoms. The van der Waals surface area contributed by atoms with E-state index in [-0.39, 0.29) is 5.91 Å². The molecule has 0 saturated carbocycles. The highest BCUT2D eigenvalue weighted by Crippen LogP contribution is 2.28. The Kier molecular flexibility index (Phi) is 4.99. The van der Waals surface area contributed by atoms with Crippen LogP contribution < -0.4 is 21.7 Å². The molecule has 2 heterocycles. The molecule has 5 N–H and O–H groups in total. The van der Waals surface area contributed by atoms with Crippen molar-refractivity contribution in [3.8, 4) is 0 Å². The quantitative estimate of drug-likeness (QED) is 0.642. The summed E-state index contributed by atoms with van der Waals surface area (Å²) in [7, 11) is 0. The minimum Gasteiger partial charge on any atom is -0.352 e. The van der Waals surface area contributed by atoms with Gasteiger partial charge in [-0.2, -0.15) is 5.10 Å². The standard InChI is InChI=1S/C17H22N6O2/c18-16(25)20-12-13-2-4-14(5-3-13)22-15(24)17(6-9-19-10-7-17)23-11-1-8-21-23/h1-5,8,11,19H,6-7,9-10,12H2,(H,22,24)(H3,18,20,25). The van der Waals surface area contributed by atoms with Crippen LogP contribution in [0.15, 0.2) is 42.7 Å². The van der Waals surface area contributed by atoms with Gasteiger partial charge in [-0.05, 0) is 49.7 Å². The van der Waals surface area contributed by atoms with E-state index >= 15 is 0 Å². The van der Waals surface area contributed by atoms with Gasteiger partial charge in [-0.25, -0.2) is 4.79 Å². The first kappa shape index (κ1) is 17.0. The fourth-order valence-electron chi connectivity index (χ4n) is 3.07. The molecule has 1 aliphatic rings. The molecule has 0 radical (unpaired) electrons. The molecule has 1 aromatic carbocycles. The fourth-order valence-corrected chi connectivity index (χ4v) is 3.07. The second-order valence-corrected chi connectivity index (χ2v) is 6.10. The van der Waals surface area contributed by atoms with E-state index in [0.29, 0.717) is 25.1 Å². The molecule has 0 unspecified atom stereocenters. The Hall–Kier alpha value is -2.87. The van der Waals surface area contributed by atoms with Crippen molar-refractivity contribution in [1.29, 1.82) is 0 Å². The molecular weight excluding hydrogens is 320 g/mol. The maximum absolute atomic E-state index is 13.0. The van der Waals surface area contributed by atoms with Gasteiger partial charge in [0.05, 0.1) is 0 Å². The van der Waals surface area contributed by atoms with Crippen molar-refractivity contribution in [1.82, 2.24) is 20.4 Å². The lowest BCUT2D eigenvalue weighted by molar-refractivity contribution is -0.126. The number of anilines is 1. The molecular formula is C17H22N6O2. The topological polar surface area (TPSA) is 114 Å². The second kappa shape index (κ2) is 7.35.